The predicted octanol–water partition coefficient (Wildman–Crippen LogP) is 1.85. The van der Waals surface area contributed by atoms with Crippen LogP contribution in [-0.2, 0) is 4.74 Å². The molecule has 1 amide bonds. The number of likely N-dealkylation sites (tertiary alicyclic amines) is 1. The van der Waals surface area contributed by atoms with Gasteiger partial charge in [-0.05, 0) is 25.3 Å². The Morgan fingerprint density at radius 2 is 2.19 bits per heavy atom. The molecular formula is C12H24N2O2. The summed E-state index contributed by atoms with van der Waals surface area (Å²) in [5.41, 5.74) is 0. The van der Waals surface area contributed by atoms with Crippen LogP contribution in [-0.4, -0.2) is 43.8 Å². The van der Waals surface area contributed by atoms with Gasteiger partial charge in [-0.15, -0.1) is 0 Å². The van der Waals surface area contributed by atoms with Crippen LogP contribution in [0.25, 0.3) is 0 Å². The fraction of sp³-hybridized carbons (Fsp3) is 0.917. The zero-order chi connectivity index (χ0) is 12.0. The Morgan fingerprint density at radius 1 is 1.44 bits per heavy atom. The van der Waals surface area contributed by atoms with Gasteiger partial charge in [0, 0.05) is 19.1 Å². The summed E-state index contributed by atoms with van der Waals surface area (Å²) in [6, 6.07) is 0.248. The summed E-state index contributed by atoms with van der Waals surface area (Å²) < 4.78 is 4.65. The predicted molar refractivity (Wildman–Crippen MR) is 64.5 cm³/mol. The Labute approximate surface area is 98.3 Å². The van der Waals surface area contributed by atoms with Gasteiger partial charge >= 0.3 is 6.09 Å². The Hall–Kier alpha value is -0.770. The van der Waals surface area contributed by atoms with Crippen molar-refractivity contribution in [2.24, 2.45) is 5.92 Å². The van der Waals surface area contributed by atoms with E-state index < -0.39 is 0 Å². The third-order valence-electron chi connectivity index (χ3n) is 3.26. The molecule has 0 aromatic rings. The number of carbonyl (C=O) groups is 1. The number of nitrogens with zero attached hydrogens (tertiary/aromatic N) is 1. The van der Waals surface area contributed by atoms with E-state index in [0.717, 1.165) is 19.5 Å². The van der Waals surface area contributed by atoms with E-state index in [1.165, 1.54) is 26.5 Å². The minimum atomic E-state index is -0.307. The molecule has 1 rings (SSSR count). The number of nitrogens with one attached hydrogen (secondary N) is 1. The van der Waals surface area contributed by atoms with Gasteiger partial charge in [-0.2, -0.15) is 0 Å². The van der Waals surface area contributed by atoms with E-state index in [0.29, 0.717) is 5.92 Å². The Balaban J connectivity index is 2.46. The smallest absolute Gasteiger partial charge is 0.407 e. The standard InChI is InChI=1S/C12H24N2O2/c1-4-6-10-7-11(13-12(15)16-3)9-14(5-2)8-10/h10-11H,4-9H2,1-3H3,(H,13,15). The van der Waals surface area contributed by atoms with Crippen LogP contribution in [0.15, 0.2) is 0 Å². The number of likely N-dealkylation sites (N-methyl/N-ethyl adjacent to an activating group) is 1. The fourth-order valence-corrected chi connectivity index (χ4v) is 2.51. The molecule has 0 aromatic heterocycles. The lowest BCUT2D eigenvalue weighted by atomic mass is 9.90. The highest BCUT2D eigenvalue weighted by atomic mass is 16.5. The first-order valence-electron chi connectivity index (χ1n) is 6.26. The summed E-state index contributed by atoms with van der Waals surface area (Å²) in [4.78, 5) is 13.6. The number of amides is 1. The summed E-state index contributed by atoms with van der Waals surface area (Å²) in [6.07, 6.45) is 3.24. The van der Waals surface area contributed by atoms with Crippen molar-refractivity contribution in [3.63, 3.8) is 0 Å². The highest BCUT2D eigenvalue weighted by Crippen LogP contribution is 2.21. The van der Waals surface area contributed by atoms with Crippen LogP contribution in [0.1, 0.15) is 33.1 Å². The molecule has 1 saturated heterocycles. The maximum atomic E-state index is 11.2. The first kappa shape index (κ1) is 13.3. The lowest BCUT2D eigenvalue weighted by Crippen LogP contribution is -2.50. The molecule has 1 aliphatic rings. The third kappa shape index (κ3) is 4.00. The molecular weight excluding hydrogens is 204 g/mol. The zero-order valence-corrected chi connectivity index (χ0v) is 10.7. The van der Waals surface area contributed by atoms with E-state index in [9.17, 15) is 4.79 Å². The second-order valence-corrected chi connectivity index (χ2v) is 4.58. The van der Waals surface area contributed by atoms with Crippen LogP contribution < -0.4 is 5.32 Å². The van der Waals surface area contributed by atoms with Crippen LogP contribution in [0.3, 0.4) is 0 Å². The van der Waals surface area contributed by atoms with Crippen molar-refractivity contribution in [3.8, 4) is 0 Å². The van der Waals surface area contributed by atoms with Gasteiger partial charge in [-0.3, -0.25) is 0 Å². The van der Waals surface area contributed by atoms with E-state index in [1.807, 2.05) is 0 Å². The summed E-state index contributed by atoms with van der Waals surface area (Å²) in [7, 11) is 1.42. The van der Waals surface area contributed by atoms with E-state index in [2.05, 4.69) is 28.8 Å². The number of alkyl carbamates (subject to hydrolysis) is 1. The number of hydrogen-bond acceptors (Lipinski definition) is 3. The van der Waals surface area contributed by atoms with Crippen LogP contribution in [0.2, 0.25) is 0 Å². The van der Waals surface area contributed by atoms with Crippen molar-refractivity contribution in [1.82, 2.24) is 10.2 Å². The third-order valence-corrected chi connectivity index (χ3v) is 3.26. The Morgan fingerprint density at radius 3 is 2.75 bits per heavy atom. The summed E-state index contributed by atoms with van der Waals surface area (Å²) >= 11 is 0. The van der Waals surface area contributed by atoms with Crippen molar-refractivity contribution in [3.05, 3.63) is 0 Å². The number of methoxy groups -OCH3 is 1. The molecule has 0 radical (unpaired) electrons. The normalized spacial score (nSPS) is 26.4. The van der Waals surface area contributed by atoms with Gasteiger partial charge in [0.15, 0.2) is 0 Å². The highest BCUT2D eigenvalue weighted by molar-refractivity contribution is 5.67. The summed E-state index contributed by atoms with van der Waals surface area (Å²) in [5.74, 6) is 0.709. The molecule has 0 bridgehead atoms. The molecule has 4 nitrogen and oxygen atoms in total. The Kier molecular flexibility index (Phi) is 5.60. The maximum Gasteiger partial charge on any atom is 0.407 e. The Bertz CT molecular complexity index is 221. The van der Waals surface area contributed by atoms with Gasteiger partial charge in [0.05, 0.1) is 7.11 Å². The SMILES string of the molecule is CCCC1CC(NC(=O)OC)CN(CC)C1. The molecule has 2 unspecified atom stereocenters. The first-order chi connectivity index (χ1) is 7.69. The molecule has 0 aliphatic carbocycles. The van der Waals surface area contributed by atoms with Gasteiger partial charge in [0.1, 0.15) is 0 Å². The molecule has 16 heavy (non-hydrogen) atoms. The number of rotatable bonds is 4. The second kappa shape index (κ2) is 6.74. The van der Waals surface area contributed by atoms with Crippen molar-refractivity contribution < 1.29 is 9.53 Å². The zero-order valence-electron chi connectivity index (χ0n) is 10.7. The molecule has 2 atom stereocenters. The van der Waals surface area contributed by atoms with E-state index >= 15 is 0 Å². The second-order valence-electron chi connectivity index (χ2n) is 4.58. The first-order valence-corrected chi connectivity index (χ1v) is 6.26. The number of piperidine rings is 1. The quantitative estimate of drug-likeness (QED) is 0.798. The van der Waals surface area contributed by atoms with Crippen LogP contribution in [0.5, 0.6) is 0 Å². The molecule has 0 saturated carbocycles. The van der Waals surface area contributed by atoms with Crippen LogP contribution in [0, 0.1) is 5.92 Å². The monoisotopic (exact) mass is 228 g/mol. The van der Waals surface area contributed by atoms with Crippen LogP contribution >= 0.6 is 0 Å². The van der Waals surface area contributed by atoms with Gasteiger partial charge in [0.25, 0.3) is 0 Å². The van der Waals surface area contributed by atoms with Crippen LogP contribution in [0.4, 0.5) is 4.79 Å². The average molecular weight is 228 g/mol. The molecule has 0 spiro atoms. The molecule has 1 fully saturated rings. The van der Waals surface area contributed by atoms with E-state index in [1.54, 1.807) is 0 Å². The summed E-state index contributed by atoms with van der Waals surface area (Å²) in [5, 5.41) is 2.92. The minimum absolute atomic E-state index is 0.248. The lowest BCUT2D eigenvalue weighted by Gasteiger charge is -2.37. The van der Waals surface area contributed by atoms with Gasteiger partial charge in [-0.1, -0.05) is 20.3 Å². The largest absolute Gasteiger partial charge is 0.453 e. The number of carbonyl (C=O) groups excluding carboxylic acids is 1. The van der Waals surface area contributed by atoms with Crippen molar-refractivity contribution in [2.75, 3.05) is 26.7 Å². The van der Waals surface area contributed by atoms with Gasteiger partial charge in [-0.25, -0.2) is 4.79 Å². The minimum Gasteiger partial charge on any atom is -0.453 e. The highest BCUT2D eigenvalue weighted by Gasteiger charge is 2.26. The number of hydrogen-bond donors (Lipinski definition) is 1. The fourth-order valence-electron chi connectivity index (χ4n) is 2.51. The van der Waals surface area contributed by atoms with Crippen molar-refractivity contribution in [1.29, 1.82) is 0 Å². The van der Waals surface area contributed by atoms with Gasteiger partial charge in [0.2, 0.25) is 0 Å². The van der Waals surface area contributed by atoms with Gasteiger partial charge < -0.3 is 15.0 Å². The summed E-state index contributed by atoms with van der Waals surface area (Å²) in [6.45, 7) is 7.56. The molecule has 1 N–H and O–H groups in total. The van der Waals surface area contributed by atoms with E-state index in [-0.39, 0.29) is 12.1 Å². The van der Waals surface area contributed by atoms with E-state index in [4.69, 9.17) is 0 Å². The van der Waals surface area contributed by atoms with Crippen molar-refractivity contribution in [2.45, 2.75) is 39.2 Å². The molecule has 1 aliphatic heterocycles. The molecule has 1 heterocycles. The average Bonchev–Trinajstić information content (AvgIpc) is 2.29. The molecule has 4 heteroatoms. The maximum absolute atomic E-state index is 11.2. The lowest BCUT2D eigenvalue weighted by molar-refractivity contribution is 0.125. The number of ether oxygens (including phenoxy) is 1. The molecule has 0 aromatic carbocycles. The van der Waals surface area contributed by atoms with Crippen molar-refractivity contribution >= 4 is 6.09 Å². The molecule has 94 valence electrons. The topological polar surface area (TPSA) is 41.6 Å².